The number of likely N-dealkylation sites (tertiary alicyclic amines) is 1. The fourth-order valence-electron chi connectivity index (χ4n) is 6.37. The Balaban J connectivity index is 1.07. The Labute approximate surface area is 251 Å². The quantitative estimate of drug-likeness (QED) is 0.277. The van der Waals surface area contributed by atoms with E-state index < -0.39 is 0 Å². The van der Waals surface area contributed by atoms with Gasteiger partial charge in [-0.15, -0.1) is 0 Å². The van der Waals surface area contributed by atoms with Crippen LogP contribution in [0.2, 0.25) is 0 Å². The molecule has 3 aromatic carbocycles. The van der Waals surface area contributed by atoms with Gasteiger partial charge in [-0.2, -0.15) is 0 Å². The minimum atomic E-state index is -0.280. The molecule has 1 fully saturated rings. The Morgan fingerprint density at radius 1 is 1.09 bits per heavy atom. The third-order valence-electron chi connectivity index (χ3n) is 8.48. The molecule has 0 bridgehead atoms. The Hall–Kier alpha value is -4.50. The minimum absolute atomic E-state index is 0.0321. The first-order valence-corrected chi connectivity index (χ1v) is 15.1. The van der Waals surface area contributed by atoms with E-state index in [4.69, 9.17) is 10.7 Å². The van der Waals surface area contributed by atoms with Crippen LogP contribution in [0.5, 0.6) is 0 Å². The molecule has 9 heteroatoms. The highest BCUT2D eigenvalue weighted by atomic mass is 16.2. The predicted molar refractivity (Wildman–Crippen MR) is 167 cm³/mol. The summed E-state index contributed by atoms with van der Waals surface area (Å²) >= 11 is 0. The van der Waals surface area contributed by atoms with Crippen molar-refractivity contribution in [3.63, 3.8) is 0 Å². The highest BCUT2D eigenvalue weighted by Crippen LogP contribution is 2.31. The van der Waals surface area contributed by atoms with Crippen LogP contribution in [0.3, 0.4) is 0 Å². The fourth-order valence-corrected chi connectivity index (χ4v) is 6.37. The summed E-state index contributed by atoms with van der Waals surface area (Å²) in [5.41, 5.74) is 13.6. The smallest absolute Gasteiger partial charge is 0.228 e. The van der Waals surface area contributed by atoms with Crippen molar-refractivity contribution in [2.24, 2.45) is 5.73 Å². The van der Waals surface area contributed by atoms with Crippen LogP contribution in [0, 0.1) is 0 Å². The highest BCUT2D eigenvalue weighted by Gasteiger charge is 2.29. The summed E-state index contributed by atoms with van der Waals surface area (Å²) in [5, 5.41) is 5.76. The number of fused-ring (bicyclic) bond motifs is 2. The molecule has 6 rings (SSSR count). The van der Waals surface area contributed by atoms with Crippen LogP contribution in [0.25, 0.3) is 22.2 Å². The van der Waals surface area contributed by atoms with Gasteiger partial charge < -0.3 is 25.8 Å². The Morgan fingerprint density at radius 2 is 1.88 bits per heavy atom. The van der Waals surface area contributed by atoms with E-state index in [-0.39, 0.29) is 29.7 Å². The number of para-hydroxylation sites is 2. The number of nitrogens with one attached hydrogen (secondary N) is 2. The zero-order chi connectivity index (χ0) is 29.9. The Bertz CT molecular complexity index is 1660. The van der Waals surface area contributed by atoms with Gasteiger partial charge in [-0.1, -0.05) is 42.5 Å². The topological polar surface area (TPSA) is 122 Å². The third-order valence-corrected chi connectivity index (χ3v) is 8.48. The van der Waals surface area contributed by atoms with E-state index in [1.54, 1.807) is 0 Å². The second kappa shape index (κ2) is 12.4. The number of piperidine rings is 1. The molecule has 2 atom stereocenters. The molecule has 43 heavy (non-hydrogen) atoms. The molecule has 2 aliphatic heterocycles. The molecule has 2 aliphatic rings. The molecule has 0 radical (unpaired) electrons. The summed E-state index contributed by atoms with van der Waals surface area (Å²) < 4.78 is 2.19. The SMILES string of the molecule is CC(=O)NCCn1c(C2CCCN(C(=O)CC(N)Cc3ccc(-c4ccc5c(c4)CC(=O)N5)cc3)C2)nc2ccccc21. The largest absolute Gasteiger partial charge is 0.355 e. The normalized spacial score (nSPS) is 17.0. The molecule has 4 aromatic rings. The zero-order valence-corrected chi connectivity index (χ0v) is 24.5. The van der Waals surface area contributed by atoms with Crippen molar-refractivity contribution < 1.29 is 14.4 Å². The number of imidazole rings is 1. The van der Waals surface area contributed by atoms with Crippen molar-refractivity contribution >= 4 is 34.4 Å². The molecule has 2 unspecified atom stereocenters. The number of carbonyl (C=O) groups is 3. The van der Waals surface area contributed by atoms with Crippen molar-refractivity contribution in [2.45, 2.75) is 57.5 Å². The Morgan fingerprint density at radius 3 is 2.70 bits per heavy atom. The van der Waals surface area contributed by atoms with E-state index in [9.17, 15) is 14.4 Å². The zero-order valence-electron chi connectivity index (χ0n) is 24.5. The van der Waals surface area contributed by atoms with Gasteiger partial charge in [-0.25, -0.2) is 4.98 Å². The maximum atomic E-state index is 13.4. The molecule has 0 spiro atoms. The molecule has 3 heterocycles. The maximum absolute atomic E-state index is 13.4. The molecule has 9 nitrogen and oxygen atoms in total. The van der Waals surface area contributed by atoms with Crippen molar-refractivity contribution in [1.29, 1.82) is 0 Å². The number of benzene rings is 3. The molecule has 0 saturated carbocycles. The van der Waals surface area contributed by atoms with E-state index in [0.717, 1.165) is 64.2 Å². The first kappa shape index (κ1) is 28.6. The van der Waals surface area contributed by atoms with Gasteiger partial charge in [0.25, 0.3) is 0 Å². The number of rotatable bonds is 9. The summed E-state index contributed by atoms with van der Waals surface area (Å²) in [6, 6.07) is 22.1. The summed E-state index contributed by atoms with van der Waals surface area (Å²) in [6.45, 7) is 4.03. The number of amides is 3. The maximum Gasteiger partial charge on any atom is 0.228 e. The van der Waals surface area contributed by atoms with Gasteiger partial charge in [-0.05, 0) is 65.8 Å². The molecule has 1 aromatic heterocycles. The molecule has 0 aliphatic carbocycles. The molecular weight excluding hydrogens is 540 g/mol. The van der Waals surface area contributed by atoms with E-state index >= 15 is 0 Å². The minimum Gasteiger partial charge on any atom is -0.355 e. The van der Waals surface area contributed by atoms with Crippen LogP contribution in [0.1, 0.15) is 49.1 Å². The molecule has 222 valence electrons. The van der Waals surface area contributed by atoms with Crippen LogP contribution in [-0.2, 0) is 33.8 Å². The lowest BCUT2D eigenvalue weighted by atomic mass is 9.95. The summed E-state index contributed by atoms with van der Waals surface area (Å²) in [6.07, 6.45) is 3.20. The van der Waals surface area contributed by atoms with Gasteiger partial charge in [0, 0.05) is 57.2 Å². The van der Waals surface area contributed by atoms with Gasteiger partial charge in [0.2, 0.25) is 17.7 Å². The van der Waals surface area contributed by atoms with Gasteiger partial charge in [0.1, 0.15) is 5.82 Å². The lowest BCUT2D eigenvalue weighted by molar-refractivity contribution is -0.132. The van der Waals surface area contributed by atoms with Crippen LogP contribution < -0.4 is 16.4 Å². The summed E-state index contributed by atoms with van der Waals surface area (Å²) in [5.74, 6) is 1.16. The number of carbonyl (C=O) groups excluding carboxylic acids is 3. The number of aromatic nitrogens is 2. The van der Waals surface area contributed by atoms with Crippen molar-refractivity contribution in [3.8, 4) is 11.1 Å². The van der Waals surface area contributed by atoms with Gasteiger partial charge in [0.05, 0.1) is 17.5 Å². The average molecular weight is 579 g/mol. The van der Waals surface area contributed by atoms with Crippen LogP contribution in [-0.4, -0.2) is 57.8 Å². The van der Waals surface area contributed by atoms with Gasteiger partial charge in [0.15, 0.2) is 0 Å². The Kier molecular flexibility index (Phi) is 8.24. The number of hydrogen-bond acceptors (Lipinski definition) is 5. The van der Waals surface area contributed by atoms with E-state index in [1.165, 1.54) is 6.92 Å². The summed E-state index contributed by atoms with van der Waals surface area (Å²) in [4.78, 5) is 43.4. The van der Waals surface area contributed by atoms with Crippen molar-refractivity contribution in [1.82, 2.24) is 19.8 Å². The number of nitrogens with two attached hydrogens (primary N) is 1. The second-order valence-electron chi connectivity index (χ2n) is 11.7. The van der Waals surface area contributed by atoms with E-state index in [1.807, 2.05) is 35.2 Å². The lowest BCUT2D eigenvalue weighted by Crippen LogP contribution is -2.42. The van der Waals surface area contributed by atoms with Crippen molar-refractivity contribution in [3.05, 3.63) is 83.7 Å². The first-order valence-electron chi connectivity index (χ1n) is 15.1. The van der Waals surface area contributed by atoms with Gasteiger partial charge in [-0.3, -0.25) is 14.4 Å². The third kappa shape index (κ3) is 6.46. The monoisotopic (exact) mass is 578 g/mol. The van der Waals surface area contributed by atoms with Crippen LogP contribution in [0.15, 0.2) is 66.7 Å². The number of nitrogens with zero attached hydrogens (tertiary/aromatic N) is 3. The fraction of sp³-hybridized carbons (Fsp3) is 0.353. The average Bonchev–Trinajstić information content (AvgIpc) is 3.56. The predicted octanol–water partition coefficient (Wildman–Crippen LogP) is 4.00. The van der Waals surface area contributed by atoms with E-state index in [2.05, 4.69) is 51.6 Å². The lowest BCUT2D eigenvalue weighted by Gasteiger charge is -2.33. The van der Waals surface area contributed by atoms with E-state index in [0.29, 0.717) is 38.9 Å². The van der Waals surface area contributed by atoms with Crippen LogP contribution in [0.4, 0.5) is 5.69 Å². The summed E-state index contributed by atoms with van der Waals surface area (Å²) in [7, 11) is 0. The van der Waals surface area contributed by atoms with Gasteiger partial charge >= 0.3 is 0 Å². The molecule has 4 N–H and O–H groups in total. The molecule has 1 saturated heterocycles. The number of anilines is 1. The molecule has 3 amide bonds. The standard InChI is InChI=1S/C34H38N6O3/c1-22(41)36-14-16-40-31-7-3-2-6-30(31)38-34(40)26-5-4-15-39(21-26)33(43)20-28(35)17-23-8-10-24(11-9-23)25-12-13-29-27(18-25)19-32(42)37-29/h2-3,6-13,18,26,28H,4-5,14-17,19-21,35H2,1H3,(H,36,41)(H,37,42). The first-order chi connectivity index (χ1) is 20.8. The van der Waals surface area contributed by atoms with Crippen molar-refractivity contribution in [2.75, 3.05) is 25.0 Å². The highest BCUT2D eigenvalue weighted by molar-refractivity contribution is 5.99. The number of hydrogen-bond donors (Lipinski definition) is 3. The van der Waals surface area contributed by atoms with Crippen LogP contribution >= 0.6 is 0 Å². The second-order valence-corrected chi connectivity index (χ2v) is 11.7. The molecular formula is C34H38N6O3.